The molecule has 0 aliphatic carbocycles. The number of sulfonamides is 1. The molecule has 0 atom stereocenters. The lowest BCUT2D eigenvalue weighted by Crippen LogP contribution is -2.28. The van der Waals surface area contributed by atoms with Gasteiger partial charge in [-0.05, 0) is 42.3 Å². The molecular weight excluding hydrogens is 290 g/mol. The molecule has 0 saturated carbocycles. The number of carbonyl (C=O) groups is 1. The van der Waals surface area contributed by atoms with Crippen molar-refractivity contribution in [2.75, 3.05) is 11.4 Å². The molecule has 1 aliphatic rings. The van der Waals surface area contributed by atoms with Crippen molar-refractivity contribution in [1.82, 2.24) is 4.98 Å². The number of nitrogens with two attached hydrogens (primary N) is 1. The highest BCUT2D eigenvalue weighted by molar-refractivity contribution is 7.89. The van der Waals surface area contributed by atoms with E-state index in [1.807, 2.05) is 0 Å². The molecule has 0 saturated heterocycles. The number of fused-ring (bicyclic) bond motifs is 1. The normalized spacial score (nSPS) is 14.0. The van der Waals surface area contributed by atoms with Gasteiger partial charge in [0.2, 0.25) is 10.0 Å². The van der Waals surface area contributed by atoms with Crippen molar-refractivity contribution in [2.24, 2.45) is 5.14 Å². The van der Waals surface area contributed by atoms with Crippen molar-refractivity contribution in [3.05, 3.63) is 53.9 Å². The topological polar surface area (TPSA) is 93.4 Å². The van der Waals surface area contributed by atoms with Crippen LogP contribution < -0.4 is 10.0 Å². The summed E-state index contributed by atoms with van der Waals surface area (Å²) >= 11 is 0. The van der Waals surface area contributed by atoms with Crippen LogP contribution in [0.2, 0.25) is 0 Å². The van der Waals surface area contributed by atoms with Crippen LogP contribution >= 0.6 is 0 Å². The smallest absolute Gasteiger partial charge is 0.258 e. The highest BCUT2D eigenvalue weighted by atomic mass is 32.2. The number of nitrogens with zero attached hydrogens (tertiary/aromatic N) is 2. The lowest BCUT2D eigenvalue weighted by Gasteiger charge is -2.17. The maximum absolute atomic E-state index is 12.4. The van der Waals surface area contributed by atoms with Crippen molar-refractivity contribution >= 4 is 21.6 Å². The molecule has 0 radical (unpaired) electrons. The zero-order valence-corrected chi connectivity index (χ0v) is 11.9. The second-order valence-corrected chi connectivity index (χ2v) is 6.34. The van der Waals surface area contributed by atoms with Gasteiger partial charge in [0.15, 0.2) is 0 Å². The van der Waals surface area contributed by atoms with Gasteiger partial charge in [0, 0.05) is 30.2 Å². The maximum Gasteiger partial charge on any atom is 0.258 e. The average Bonchev–Trinajstić information content (AvgIpc) is 2.89. The lowest BCUT2D eigenvalue weighted by atomic mass is 10.1. The van der Waals surface area contributed by atoms with E-state index in [2.05, 4.69) is 4.98 Å². The van der Waals surface area contributed by atoms with E-state index in [9.17, 15) is 13.2 Å². The fraction of sp³-hybridized carbons (Fsp3) is 0.143. The molecule has 7 heteroatoms. The Labute approximate surface area is 122 Å². The fourth-order valence-electron chi connectivity index (χ4n) is 2.42. The minimum absolute atomic E-state index is 0.0689. The number of hydrogen-bond donors (Lipinski definition) is 1. The van der Waals surface area contributed by atoms with Crippen molar-refractivity contribution in [1.29, 1.82) is 0 Å². The van der Waals surface area contributed by atoms with Gasteiger partial charge in [0.05, 0.1) is 4.90 Å². The van der Waals surface area contributed by atoms with Gasteiger partial charge in [-0.2, -0.15) is 0 Å². The van der Waals surface area contributed by atoms with E-state index in [1.54, 1.807) is 35.5 Å². The Morgan fingerprint density at radius 3 is 2.57 bits per heavy atom. The summed E-state index contributed by atoms with van der Waals surface area (Å²) in [4.78, 5) is 18.0. The van der Waals surface area contributed by atoms with E-state index < -0.39 is 10.0 Å². The average molecular weight is 303 g/mol. The summed E-state index contributed by atoms with van der Waals surface area (Å²) in [6, 6.07) is 7.88. The Hall–Kier alpha value is -2.25. The SMILES string of the molecule is NS(=O)(=O)c1ccc2c(c1)CCN2C(=O)c1ccncc1. The maximum atomic E-state index is 12.4. The van der Waals surface area contributed by atoms with Crippen LogP contribution in [0.4, 0.5) is 5.69 Å². The van der Waals surface area contributed by atoms with Gasteiger partial charge in [-0.1, -0.05) is 0 Å². The lowest BCUT2D eigenvalue weighted by molar-refractivity contribution is 0.0989. The summed E-state index contributed by atoms with van der Waals surface area (Å²) in [7, 11) is -3.73. The fourth-order valence-corrected chi connectivity index (χ4v) is 2.98. The minimum atomic E-state index is -3.73. The number of amides is 1. The number of anilines is 1. The summed E-state index contributed by atoms with van der Waals surface area (Å²) in [5, 5.41) is 5.12. The van der Waals surface area contributed by atoms with Crippen LogP contribution in [0.25, 0.3) is 0 Å². The molecule has 6 nitrogen and oxygen atoms in total. The number of pyridine rings is 1. The molecule has 0 bridgehead atoms. The van der Waals surface area contributed by atoms with Crippen LogP contribution in [0.3, 0.4) is 0 Å². The van der Waals surface area contributed by atoms with Crippen molar-refractivity contribution < 1.29 is 13.2 Å². The molecule has 2 N–H and O–H groups in total. The number of primary sulfonamides is 1. The first kappa shape index (κ1) is 13.7. The van der Waals surface area contributed by atoms with Crippen molar-refractivity contribution in [2.45, 2.75) is 11.3 Å². The Bertz CT molecular complexity index is 803. The van der Waals surface area contributed by atoms with Crippen LogP contribution in [0.5, 0.6) is 0 Å². The van der Waals surface area contributed by atoms with Gasteiger partial charge < -0.3 is 4.90 Å². The van der Waals surface area contributed by atoms with Gasteiger partial charge in [-0.15, -0.1) is 0 Å². The summed E-state index contributed by atoms with van der Waals surface area (Å²) in [5.41, 5.74) is 2.08. The molecule has 2 heterocycles. The summed E-state index contributed by atoms with van der Waals surface area (Å²) in [5.74, 6) is -0.125. The molecular formula is C14H13N3O3S. The minimum Gasteiger partial charge on any atom is -0.308 e. The van der Waals surface area contributed by atoms with E-state index in [0.717, 1.165) is 11.3 Å². The van der Waals surface area contributed by atoms with Crippen molar-refractivity contribution in [3.63, 3.8) is 0 Å². The summed E-state index contributed by atoms with van der Waals surface area (Å²) < 4.78 is 22.7. The second kappa shape index (κ2) is 4.94. The van der Waals surface area contributed by atoms with E-state index in [0.29, 0.717) is 18.5 Å². The Kier molecular flexibility index (Phi) is 3.23. The Balaban J connectivity index is 1.97. The van der Waals surface area contributed by atoms with E-state index in [-0.39, 0.29) is 10.8 Å². The number of carbonyl (C=O) groups excluding carboxylic acids is 1. The highest BCUT2D eigenvalue weighted by Gasteiger charge is 2.26. The predicted molar refractivity (Wildman–Crippen MR) is 77.4 cm³/mol. The molecule has 1 amide bonds. The largest absolute Gasteiger partial charge is 0.308 e. The Morgan fingerprint density at radius 1 is 1.19 bits per heavy atom. The van der Waals surface area contributed by atoms with Crippen LogP contribution in [0, 0.1) is 0 Å². The first-order valence-corrected chi connectivity index (χ1v) is 7.89. The number of hydrogen-bond acceptors (Lipinski definition) is 4. The molecule has 0 spiro atoms. The third-order valence-corrected chi connectivity index (χ3v) is 4.36. The van der Waals surface area contributed by atoms with Crippen LogP contribution in [-0.4, -0.2) is 25.9 Å². The predicted octanol–water partition coefficient (Wildman–Crippen LogP) is 0.932. The van der Waals surface area contributed by atoms with Crippen LogP contribution in [0.15, 0.2) is 47.6 Å². The van der Waals surface area contributed by atoms with E-state index in [4.69, 9.17) is 5.14 Å². The number of aromatic nitrogens is 1. The van der Waals surface area contributed by atoms with Crippen LogP contribution in [-0.2, 0) is 16.4 Å². The first-order chi connectivity index (χ1) is 9.97. The van der Waals surface area contributed by atoms with E-state index in [1.165, 1.54) is 12.1 Å². The number of benzene rings is 1. The summed E-state index contributed by atoms with van der Waals surface area (Å²) in [6.45, 7) is 0.518. The van der Waals surface area contributed by atoms with E-state index >= 15 is 0 Å². The van der Waals surface area contributed by atoms with Crippen LogP contribution in [0.1, 0.15) is 15.9 Å². The molecule has 0 fully saturated rings. The summed E-state index contributed by atoms with van der Waals surface area (Å²) in [6.07, 6.45) is 3.73. The van der Waals surface area contributed by atoms with Gasteiger partial charge in [0.25, 0.3) is 5.91 Å². The zero-order valence-electron chi connectivity index (χ0n) is 11.1. The van der Waals surface area contributed by atoms with Crippen molar-refractivity contribution in [3.8, 4) is 0 Å². The molecule has 1 aromatic heterocycles. The Morgan fingerprint density at radius 2 is 1.90 bits per heavy atom. The molecule has 21 heavy (non-hydrogen) atoms. The molecule has 108 valence electrons. The standard InChI is InChI=1S/C14H13N3O3S/c15-21(19,20)12-1-2-13-11(9-12)5-8-17(13)14(18)10-3-6-16-7-4-10/h1-4,6-7,9H,5,8H2,(H2,15,19,20). The highest BCUT2D eigenvalue weighted by Crippen LogP contribution is 2.31. The van der Waals surface area contributed by atoms with Gasteiger partial charge in [-0.3, -0.25) is 9.78 Å². The van der Waals surface area contributed by atoms with Gasteiger partial charge in [-0.25, -0.2) is 13.6 Å². The monoisotopic (exact) mass is 303 g/mol. The number of rotatable bonds is 2. The first-order valence-electron chi connectivity index (χ1n) is 6.34. The molecule has 1 aliphatic heterocycles. The van der Waals surface area contributed by atoms with Gasteiger partial charge >= 0.3 is 0 Å². The van der Waals surface area contributed by atoms with Gasteiger partial charge in [0.1, 0.15) is 0 Å². The quantitative estimate of drug-likeness (QED) is 0.893. The third kappa shape index (κ3) is 2.53. The third-order valence-electron chi connectivity index (χ3n) is 3.45. The molecule has 0 unspecified atom stereocenters. The zero-order chi connectivity index (χ0) is 15.0. The molecule has 1 aromatic carbocycles. The molecule has 2 aromatic rings. The molecule has 3 rings (SSSR count). The second-order valence-electron chi connectivity index (χ2n) is 4.78.